The summed E-state index contributed by atoms with van der Waals surface area (Å²) < 4.78 is 0. The lowest BCUT2D eigenvalue weighted by Crippen LogP contribution is -1.99. The second-order valence-corrected chi connectivity index (χ2v) is 5.33. The highest BCUT2D eigenvalue weighted by Crippen LogP contribution is 2.27. The van der Waals surface area contributed by atoms with Crippen molar-refractivity contribution in [2.75, 3.05) is 0 Å². The van der Waals surface area contributed by atoms with Crippen molar-refractivity contribution in [3.8, 4) is 0 Å². The molecule has 0 amide bonds. The van der Waals surface area contributed by atoms with E-state index in [0.717, 1.165) is 27.4 Å². The third-order valence-electron chi connectivity index (χ3n) is 3.98. The van der Waals surface area contributed by atoms with Gasteiger partial charge in [0.15, 0.2) is 0 Å². The number of hydrogen-bond donors (Lipinski definition) is 2. The Balaban J connectivity index is 1.79. The molecule has 3 aromatic carbocycles. The van der Waals surface area contributed by atoms with Gasteiger partial charge in [-0.2, -0.15) is 0 Å². The van der Waals surface area contributed by atoms with E-state index in [1.165, 1.54) is 5.39 Å². The van der Waals surface area contributed by atoms with E-state index in [0.29, 0.717) is 0 Å². The highest BCUT2D eigenvalue weighted by molar-refractivity contribution is 5.83. The molecule has 0 saturated heterocycles. The molecule has 1 unspecified atom stereocenters. The zero-order chi connectivity index (χ0) is 14.2. The van der Waals surface area contributed by atoms with Crippen molar-refractivity contribution in [3.05, 3.63) is 84.1 Å². The van der Waals surface area contributed by atoms with Crippen molar-refractivity contribution in [2.45, 2.75) is 6.10 Å². The SMILES string of the molecule is OC(c1ccc2ccccc2c1)c1ccc2[nH]ccc2c1. The van der Waals surface area contributed by atoms with Gasteiger partial charge in [-0.3, -0.25) is 0 Å². The number of aromatic nitrogens is 1. The van der Waals surface area contributed by atoms with Crippen LogP contribution in [0.2, 0.25) is 0 Å². The molecule has 0 aliphatic heterocycles. The zero-order valence-corrected chi connectivity index (χ0v) is 11.5. The first kappa shape index (κ1) is 12.2. The van der Waals surface area contributed by atoms with Gasteiger partial charge in [-0.1, -0.05) is 42.5 Å². The third kappa shape index (κ3) is 2.10. The van der Waals surface area contributed by atoms with Gasteiger partial charge in [0.05, 0.1) is 0 Å². The van der Waals surface area contributed by atoms with Crippen LogP contribution >= 0.6 is 0 Å². The second kappa shape index (κ2) is 4.76. The molecular weight excluding hydrogens is 258 g/mol. The highest BCUT2D eigenvalue weighted by atomic mass is 16.3. The molecule has 21 heavy (non-hydrogen) atoms. The molecule has 102 valence electrons. The first-order valence-electron chi connectivity index (χ1n) is 7.05. The van der Waals surface area contributed by atoms with Gasteiger partial charge in [0.25, 0.3) is 0 Å². The number of fused-ring (bicyclic) bond motifs is 2. The van der Waals surface area contributed by atoms with Crippen molar-refractivity contribution < 1.29 is 5.11 Å². The van der Waals surface area contributed by atoms with E-state index in [1.54, 1.807) is 0 Å². The number of aliphatic hydroxyl groups excluding tert-OH is 1. The van der Waals surface area contributed by atoms with Gasteiger partial charge < -0.3 is 10.1 Å². The molecule has 0 saturated carbocycles. The Morgan fingerprint density at radius 1 is 0.714 bits per heavy atom. The minimum atomic E-state index is -0.603. The summed E-state index contributed by atoms with van der Waals surface area (Å²) >= 11 is 0. The fourth-order valence-electron chi connectivity index (χ4n) is 2.81. The maximum absolute atomic E-state index is 10.6. The van der Waals surface area contributed by atoms with Crippen LogP contribution in [0.4, 0.5) is 0 Å². The molecule has 4 rings (SSSR count). The lowest BCUT2D eigenvalue weighted by atomic mass is 9.98. The largest absolute Gasteiger partial charge is 0.384 e. The summed E-state index contributed by atoms with van der Waals surface area (Å²) in [6, 6.07) is 22.3. The number of aromatic amines is 1. The maximum atomic E-state index is 10.6. The van der Waals surface area contributed by atoms with Crippen LogP contribution in [0.5, 0.6) is 0 Å². The van der Waals surface area contributed by atoms with Gasteiger partial charge in [-0.15, -0.1) is 0 Å². The number of aliphatic hydroxyl groups is 1. The fourth-order valence-corrected chi connectivity index (χ4v) is 2.81. The minimum absolute atomic E-state index is 0.603. The molecule has 1 aromatic heterocycles. The number of H-pyrrole nitrogens is 1. The lowest BCUT2D eigenvalue weighted by molar-refractivity contribution is 0.220. The molecule has 1 heterocycles. The van der Waals surface area contributed by atoms with Crippen LogP contribution in [0, 0.1) is 0 Å². The van der Waals surface area contributed by atoms with Crippen LogP contribution in [-0.4, -0.2) is 10.1 Å². The zero-order valence-electron chi connectivity index (χ0n) is 11.5. The van der Waals surface area contributed by atoms with E-state index in [4.69, 9.17) is 0 Å². The molecule has 0 bridgehead atoms. The van der Waals surface area contributed by atoms with Crippen molar-refractivity contribution in [2.24, 2.45) is 0 Å². The summed E-state index contributed by atoms with van der Waals surface area (Å²) in [4.78, 5) is 3.17. The topological polar surface area (TPSA) is 36.0 Å². The molecule has 0 radical (unpaired) electrons. The quantitative estimate of drug-likeness (QED) is 0.558. The molecule has 2 nitrogen and oxygen atoms in total. The molecule has 0 aliphatic carbocycles. The van der Waals surface area contributed by atoms with Gasteiger partial charge in [-0.05, 0) is 51.6 Å². The van der Waals surface area contributed by atoms with Crippen LogP contribution in [0.3, 0.4) is 0 Å². The van der Waals surface area contributed by atoms with Crippen LogP contribution in [0.1, 0.15) is 17.2 Å². The Bertz CT molecular complexity index is 923. The normalized spacial score (nSPS) is 12.8. The third-order valence-corrected chi connectivity index (χ3v) is 3.98. The van der Waals surface area contributed by atoms with E-state index in [2.05, 4.69) is 29.2 Å². The van der Waals surface area contributed by atoms with Gasteiger partial charge in [0, 0.05) is 11.7 Å². The molecule has 1 atom stereocenters. The standard InChI is InChI=1S/C19H15NO/c21-19(17-7-8-18-15(12-17)9-10-20-18)16-6-5-13-3-1-2-4-14(13)11-16/h1-12,19-21H. The van der Waals surface area contributed by atoms with Gasteiger partial charge >= 0.3 is 0 Å². The summed E-state index contributed by atoms with van der Waals surface area (Å²) in [5.41, 5.74) is 2.92. The summed E-state index contributed by atoms with van der Waals surface area (Å²) in [5.74, 6) is 0. The average molecular weight is 273 g/mol. The van der Waals surface area contributed by atoms with Crippen molar-refractivity contribution >= 4 is 21.7 Å². The number of nitrogens with one attached hydrogen (secondary N) is 1. The Labute approximate surface area is 122 Å². The van der Waals surface area contributed by atoms with E-state index in [-0.39, 0.29) is 0 Å². The smallest absolute Gasteiger partial charge is 0.104 e. The van der Waals surface area contributed by atoms with E-state index < -0.39 is 6.10 Å². The molecule has 0 spiro atoms. The lowest BCUT2D eigenvalue weighted by Gasteiger charge is -2.12. The van der Waals surface area contributed by atoms with Crippen molar-refractivity contribution in [1.29, 1.82) is 0 Å². The predicted octanol–water partition coefficient (Wildman–Crippen LogP) is 4.40. The van der Waals surface area contributed by atoms with Crippen LogP contribution in [-0.2, 0) is 0 Å². The minimum Gasteiger partial charge on any atom is -0.384 e. The van der Waals surface area contributed by atoms with Crippen LogP contribution < -0.4 is 0 Å². The summed E-state index contributed by atoms with van der Waals surface area (Å²) in [7, 11) is 0. The first-order valence-corrected chi connectivity index (χ1v) is 7.05. The Hall–Kier alpha value is -2.58. The molecule has 4 aromatic rings. The van der Waals surface area contributed by atoms with Crippen molar-refractivity contribution in [3.63, 3.8) is 0 Å². The molecule has 0 aliphatic rings. The molecule has 0 fully saturated rings. The van der Waals surface area contributed by atoms with E-state index in [1.807, 2.05) is 48.7 Å². The Kier molecular flexibility index (Phi) is 2.76. The molecule has 2 heteroatoms. The average Bonchev–Trinajstić information content (AvgIpc) is 3.01. The maximum Gasteiger partial charge on any atom is 0.104 e. The summed E-state index contributed by atoms with van der Waals surface area (Å²) in [5, 5.41) is 14.1. The van der Waals surface area contributed by atoms with Gasteiger partial charge in [0.1, 0.15) is 6.10 Å². The number of rotatable bonds is 2. The van der Waals surface area contributed by atoms with E-state index in [9.17, 15) is 5.11 Å². The number of hydrogen-bond acceptors (Lipinski definition) is 1. The monoisotopic (exact) mass is 273 g/mol. The van der Waals surface area contributed by atoms with E-state index >= 15 is 0 Å². The van der Waals surface area contributed by atoms with Gasteiger partial charge in [-0.25, -0.2) is 0 Å². The first-order chi connectivity index (χ1) is 10.3. The Morgan fingerprint density at radius 2 is 1.43 bits per heavy atom. The predicted molar refractivity (Wildman–Crippen MR) is 86.3 cm³/mol. The summed E-state index contributed by atoms with van der Waals surface area (Å²) in [6.45, 7) is 0. The summed E-state index contributed by atoms with van der Waals surface area (Å²) in [6.07, 6.45) is 1.31. The van der Waals surface area contributed by atoms with Gasteiger partial charge in [0.2, 0.25) is 0 Å². The number of benzene rings is 3. The molecular formula is C19H15NO. The Morgan fingerprint density at radius 3 is 2.29 bits per heavy atom. The molecule has 2 N–H and O–H groups in total. The van der Waals surface area contributed by atoms with Crippen LogP contribution in [0.25, 0.3) is 21.7 Å². The fraction of sp³-hybridized carbons (Fsp3) is 0.0526. The second-order valence-electron chi connectivity index (χ2n) is 5.33. The van der Waals surface area contributed by atoms with Crippen molar-refractivity contribution in [1.82, 2.24) is 4.98 Å². The highest BCUT2D eigenvalue weighted by Gasteiger charge is 2.11. The van der Waals surface area contributed by atoms with Crippen LogP contribution in [0.15, 0.2) is 72.9 Å².